The molecule has 32 heavy (non-hydrogen) atoms. The lowest BCUT2D eigenvalue weighted by atomic mass is 9.88. The van der Waals surface area contributed by atoms with Crippen LogP contribution in [0.5, 0.6) is 0 Å². The summed E-state index contributed by atoms with van der Waals surface area (Å²) in [4.78, 5) is 26.9. The molecule has 3 aromatic rings. The van der Waals surface area contributed by atoms with Crippen LogP contribution in [0.25, 0.3) is 0 Å². The molecule has 4 rings (SSSR count). The number of furan rings is 1. The van der Waals surface area contributed by atoms with E-state index in [1.807, 2.05) is 23.6 Å². The molecule has 1 N–H and O–H groups in total. The summed E-state index contributed by atoms with van der Waals surface area (Å²) < 4.78 is 12.5. The topological polar surface area (TPSA) is 99.2 Å². The molecule has 3 aromatic heterocycles. The molecule has 1 aliphatic carbocycles. The molecule has 2 atom stereocenters. The summed E-state index contributed by atoms with van der Waals surface area (Å²) in [5.41, 5.74) is 1.55. The van der Waals surface area contributed by atoms with Gasteiger partial charge >= 0.3 is 5.97 Å². The van der Waals surface area contributed by atoms with E-state index in [9.17, 15) is 9.59 Å². The van der Waals surface area contributed by atoms with Crippen molar-refractivity contribution >= 4 is 40.0 Å². The Labute approximate surface area is 194 Å². The third kappa shape index (κ3) is 4.91. The minimum atomic E-state index is -0.442. The fraction of sp³-hybridized carbons (Fsp3) is 0.455. The van der Waals surface area contributed by atoms with Crippen LogP contribution in [-0.4, -0.2) is 38.5 Å². The van der Waals surface area contributed by atoms with Crippen LogP contribution in [0.4, 0.5) is 5.00 Å². The highest BCUT2D eigenvalue weighted by atomic mass is 32.2. The number of hydrogen-bond donors (Lipinski definition) is 1. The van der Waals surface area contributed by atoms with E-state index in [2.05, 4.69) is 22.4 Å². The minimum Gasteiger partial charge on any atom is -0.467 e. The maximum absolute atomic E-state index is 13.0. The smallest absolute Gasteiger partial charge is 0.341 e. The summed E-state index contributed by atoms with van der Waals surface area (Å²) in [6, 6.07) is 3.70. The number of esters is 1. The third-order valence-electron chi connectivity index (χ3n) is 5.37. The largest absolute Gasteiger partial charge is 0.467 e. The van der Waals surface area contributed by atoms with Crippen LogP contribution in [0.1, 0.15) is 53.8 Å². The molecule has 0 aliphatic heterocycles. The highest BCUT2D eigenvalue weighted by molar-refractivity contribution is 8.00. The number of aromatic nitrogens is 3. The first-order valence-electron chi connectivity index (χ1n) is 10.7. The van der Waals surface area contributed by atoms with Gasteiger partial charge in [-0.15, -0.1) is 21.5 Å². The Morgan fingerprint density at radius 3 is 3.06 bits per heavy atom. The number of ether oxygens (including phenoxy) is 1. The van der Waals surface area contributed by atoms with Gasteiger partial charge in [0.1, 0.15) is 17.1 Å². The van der Waals surface area contributed by atoms with Crippen molar-refractivity contribution in [2.24, 2.45) is 5.92 Å². The molecule has 0 unspecified atom stereocenters. The first kappa shape index (κ1) is 22.6. The minimum absolute atomic E-state index is 0.195. The van der Waals surface area contributed by atoms with E-state index in [1.54, 1.807) is 19.5 Å². The average Bonchev–Trinajstić information content (AvgIpc) is 3.49. The van der Waals surface area contributed by atoms with Gasteiger partial charge in [-0.25, -0.2) is 4.79 Å². The molecule has 10 heteroatoms. The van der Waals surface area contributed by atoms with Gasteiger partial charge in [0.15, 0.2) is 5.16 Å². The summed E-state index contributed by atoms with van der Waals surface area (Å²) in [6.07, 6.45) is 6.01. The summed E-state index contributed by atoms with van der Waals surface area (Å²) in [6.45, 7) is 6.59. The molecule has 3 heterocycles. The Kier molecular flexibility index (Phi) is 7.00. The Hall–Kier alpha value is -2.59. The van der Waals surface area contributed by atoms with Crippen LogP contribution in [0.3, 0.4) is 0 Å². The summed E-state index contributed by atoms with van der Waals surface area (Å²) in [5.74, 6) is 0.782. The lowest BCUT2D eigenvalue weighted by Gasteiger charge is -2.18. The second-order valence-electron chi connectivity index (χ2n) is 7.85. The molecular formula is C22H26N4O4S2. The summed E-state index contributed by atoms with van der Waals surface area (Å²) in [5, 5.41) is 11.8. The monoisotopic (exact) mass is 474 g/mol. The number of amides is 1. The molecule has 0 aromatic carbocycles. The Bertz CT molecular complexity index is 1090. The van der Waals surface area contributed by atoms with Crippen LogP contribution in [0, 0.1) is 5.92 Å². The third-order valence-corrected chi connectivity index (χ3v) is 7.63. The number of nitrogens with one attached hydrogen (secondary N) is 1. The van der Waals surface area contributed by atoms with E-state index >= 15 is 0 Å². The second-order valence-corrected chi connectivity index (χ2v) is 10.3. The van der Waals surface area contributed by atoms with E-state index < -0.39 is 5.25 Å². The SMILES string of the molecule is CCOC(=O)c1c(NC(=O)[C@@H](C)Sc2nncn2Cc2ccco2)sc2c1CC[C@H](C)C2. The maximum Gasteiger partial charge on any atom is 0.341 e. The number of anilines is 1. The zero-order valence-corrected chi connectivity index (χ0v) is 19.9. The number of carbonyl (C=O) groups is 2. The number of thiophene rings is 1. The quantitative estimate of drug-likeness (QED) is 0.381. The van der Waals surface area contributed by atoms with Gasteiger partial charge in [0.05, 0.1) is 30.2 Å². The van der Waals surface area contributed by atoms with Gasteiger partial charge in [0, 0.05) is 4.88 Å². The van der Waals surface area contributed by atoms with E-state index in [1.165, 1.54) is 28.0 Å². The zero-order chi connectivity index (χ0) is 22.7. The van der Waals surface area contributed by atoms with Gasteiger partial charge < -0.3 is 19.0 Å². The van der Waals surface area contributed by atoms with Crippen LogP contribution in [-0.2, 0) is 28.9 Å². The van der Waals surface area contributed by atoms with Gasteiger partial charge in [-0.3, -0.25) is 4.79 Å². The van der Waals surface area contributed by atoms with Crippen molar-refractivity contribution in [3.05, 3.63) is 46.5 Å². The molecule has 1 amide bonds. The van der Waals surface area contributed by atoms with Crippen LogP contribution in [0.15, 0.2) is 34.3 Å². The predicted octanol–water partition coefficient (Wildman–Crippen LogP) is 4.40. The van der Waals surface area contributed by atoms with E-state index in [0.29, 0.717) is 34.8 Å². The molecule has 8 nitrogen and oxygen atoms in total. The van der Waals surface area contributed by atoms with Gasteiger partial charge in [0.25, 0.3) is 0 Å². The van der Waals surface area contributed by atoms with Crippen molar-refractivity contribution in [1.82, 2.24) is 14.8 Å². The van der Waals surface area contributed by atoms with Crippen molar-refractivity contribution in [2.45, 2.75) is 57.0 Å². The standard InChI is InChI=1S/C22H26N4O4S2/c1-4-29-21(28)18-16-8-7-13(2)10-17(16)32-20(18)24-19(27)14(3)31-22-25-23-12-26(22)11-15-6-5-9-30-15/h5-6,9,12-14H,4,7-8,10-11H2,1-3H3,(H,24,27)/t13-,14+/m0/s1. The summed E-state index contributed by atoms with van der Waals surface area (Å²) >= 11 is 2.80. The van der Waals surface area contributed by atoms with Crippen molar-refractivity contribution < 1.29 is 18.7 Å². The first-order valence-corrected chi connectivity index (χ1v) is 12.3. The number of nitrogens with zero attached hydrogens (tertiary/aromatic N) is 3. The summed E-state index contributed by atoms with van der Waals surface area (Å²) in [7, 11) is 0. The molecule has 0 fully saturated rings. The van der Waals surface area contributed by atoms with Crippen molar-refractivity contribution in [3.8, 4) is 0 Å². The maximum atomic E-state index is 13.0. The Morgan fingerprint density at radius 1 is 1.47 bits per heavy atom. The average molecular weight is 475 g/mol. The normalized spacial score (nSPS) is 16.4. The van der Waals surface area contributed by atoms with Gasteiger partial charge in [-0.1, -0.05) is 18.7 Å². The molecule has 0 spiro atoms. The molecule has 1 aliphatic rings. The molecular weight excluding hydrogens is 448 g/mol. The van der Waals surface area contributed by atoms with E-state index in [-0.39, 0.29) is 11.9 Å². The lowest BCUT2D eigenvalue weighted by Crippen LogP contribution is -2.24. The molecule has 0 radical (unpaired) electrons. The molecule has 0 saturated heterocycles. The van der Waals surface area contributed by atoms with Crippen LogP contribution < -0.4 is 5.32 Å². The Morgan fingerprint density at radius 2 is 2.31 bits per heavy atom. The fourth-order valence-electron chi connectivity index (χ4n) is 3.70. The highest BCUT2D eigenvalue weighted by Gasteiger charge is 2.30. The molecule has 170 valence electrons. The van der Waals surface area contributed by atoms with Crippen LogP contribution >= 0.6 is 23.1 Å². The second kappa shape index (κ2) is 9.91. The zero-order valence-electron chi connectivity index (χ0n) is 18.3. The predicted molar refractivity (Wildman–Crippen MR) is 123 cm³/mol. The molecule has 0 bridgehead atoms. The lowest BCUT2D eigenvalue weighted by molar-refractivity contribution is -0.115. The number of thioether (sulfide) groups is 1. The van der Waals surface area contributed by atoms with Crippen LogP contribution in [0.2, 0.25) is 0 Å². The number of carbonyl (C=O) groups excluding carboxylic acids is 2. The highest BCUT2D eigenvalue weighted by Crippen LogP contribution is 2.40. The first-order chi connectivity index (χ1) is 15.5. The van der Waals surface area contributed by atoms with E-state index in [4.69, 9.17) is 9.15 Å². The van der Waals surface area contributed by atoms with Crippen molar-refractivity contribution in [2.75, 3.05) is 11.9 Å². The van der Waals surface area contributed by atoms with Gasteiger partial charge in [-0.2, -0.15) is 0 Å². The van der Waals surface area contributed by atoms with Crippen molar-refractivity contribution in [3.63, 3.8) is 0 Å². The van der Waals surface area contributed by atoms with E-state index in [0.717, 1.165) is 30.6 Å². The fourth-order valence-corrected chi connectivity index (χ4v) is 5.92. The number of rotatable bonds is 8. The number of hydrogen-bond acceptors (Lipinski definition) is 8. The Balaban J connectivity index is 1.49. The van der Waals surface area contributed by atoms with Gasteiger partial charge in [-0.05, 0) is 56.7 Å². The molecule has 0 saturated carbocycles. The van der Waals surface area contributed by atoms with Crippen molar-refractivity contribution in [1.29, 1.82) is 0 Å². The number of fused-ring (bicyclic) bond motifs is 1. The van der Waals surface area contributed by atoms with Gasteiger partial charge in [0.2, 0.25) is 5.91 Å².